The van der Waals surface area contributed by atoms with Crippen LogP contribution in [0.4, 0.5) is 0 Å². The van der Waals surface area contributed by atoms with Crippen LogP contribution in [-0.2, 0) is 9.47 Å². The Hall–Kier alpha value is -0.160. The number of ether oxygens (including phenoxy) is 2. The zero-order valence-electron chi connectivity index (χ0n) is 22.6. The summed E-state index contributed by atoms with van der Waals surface area (Å²) in [7, 11) is 0. The van der Waals surface area contributed by atoms with Crippen LogP contribution >= 0.6 is 0 Å². The lowest BCUT2D eigenvalue weighted by Gasteiger charge is -2.63. The van der Waals surface area contributed by atoms with Gasteiger partial charge in [0.2, 0.25) is 0 Å². The van der Waals surface area contributed by atoms with Gasteiger partial charge in [-0.05, 0) is 96.7 Å². The lowest BCUT2D eigenvalue weighted by molar-refractivity contribution is -0.297. The second kappa shape index (κ2) is 6.11. The fourth-order valence-corrected chi connectivity index (χ4v) is 12.7. The maximum absolute atomic E-state index is 12.5. The van der Waals surface area contributed by atoms with Crippen LogP contribution in [0.25, 0.3) is 0 Å². The topological polar surface area (TPSA) is 58.9 Å². The van der Waals surface area contributed by atoms with Crippen molar-refractivity contribution in [3.05, 3.63) is 0 Å². The molecule has 5 aliphatic carbocycles. The summed E-state index contributed by atoms with van der Waals surface area (Å²) in [6.45, 7) is 17.2. The van der Waals surface area contributed by atoms with Crippen molar-refractivity contribution in [3.8, 4) is 0 Å². The minimum Gasteiger partial charge on any atom is -0.393 e. The molecule has 192 valence electrons. The Balaban J connectivity index is 1.33. The first kappa shape index (κ1) is 23.0. The van der Waals surface area contributed by atoms with Crippen molar-refractivity contribution in [2.24, 2.45) is 56.7 Å². The van der Waals surface area contributed by atoms with Crippen LogP contribution < -0.4 is 0 Å². The largest absolute Gasteiger partial charge is 0.393 e. The first-order chi connectivity index (χ1) is 15.8. The lowest BCUT2D eigenvalue weighted by atomic mass is 9.41. The summed E-state index contributed by atoms with van der Waals surface area (Å²) in [6.07, 6.45) is 8.57. The SMILES string of the molecule is CC(C)[C@]12CO[C@]3(O1)[C@H](O)[C@@]1(C)[C@@H]4CC[C@@H]5C(C)(C)[C@H](O)CC[C@@]56C[C@]46CC[C@]1(C)[C@H]3[C@@H](C)C2. The zero-order valence-corrected chi connectivity index (χ0v) is 22.6. The van der Waals surface area contributed by atoms with E-state index in [4.69, 9.17) is 9.47 Å². The van der Waals surface area contributed by atoms with Crippen molar-refractivity contribution in [1.82, 2.24) is 0 Å². The summed E-state index contributed by atoms with van der Waals surface area (Å²) in [5.41, 5.74) is 0.281. The van der Waals surface area contributed by atoms with Crippen molar-refractivity contribution in [1.29, 1.82) is 0 Å². The van der Waals surface area contributed by atoms with Gasteiger partial charge in [0, 0.05) is 11.3 Å². The van der Waals surface area contributed by atoms with Crippen LogP contribution in [0.2, 0.25) is 0 Å². The van der Waals surface area contributed by atoms with Crippen LogP contribution in [-0.4, -0.2) is 40.4 Å². The predicted molar refractivity (Wildman–Crippen MR) is 131 cm³/mol. The molecule has 7 rings (SSSR count). The van der Waals surface area contributed by atoms with Gasteiger partial charge in [-0.15, -0.1) is 0 Å². The Labute approximate surface area is 206 Å². The molecule has 0 aromatic rings. The van der Waals surface area contributed by atoms with Crippen LogP contribution in [0.3, 0.4) is 0 Å². The van der Waals surface area contributed by atoms with E-state index in [9.17, 15) is 10.2 Å². The average Bonchev–Trinajstić information content (AvgIpc) is 3.29. The molecule has 4 heteroatoms. The number of aliphatic hydroxyl groups excluding tert-OH is 2. The Morgan fingerprint density at radius 3 is 2.26 bits per heavy atom. The van der Waals surface area contributed by atoms with E-state index in [0.29, 0.717) is 41.1 Å². The van der Waals surface area contributed by atoms with Gasteiger partial charge < -0.3 is 19.7 Å². The van der Waals surface area contributed by atoms with E-state index < -0.39 is 11.9 Å². The fourth-order valence-electron chi connectivity index (χ4n) is 12.7. The van der Waals surface area contributed by atoms with Gasteiger partial charge in [-0.25, -0.2) is 0 Å². The Bertz CT molecular complexity index is 931. The van der Waals surface area contributed by atoms with E-state index >= 15 is 0 Å². The van der Waals surface area contributed by atoms with Gasteiger partial charge in [-0.3, -0.25) is 0 Å². The minimum absolute atomic E-state index is 0.00159. The molecular formula is C30H48O4. The van der Waals surface area contributed by atoms with Crippen molar-refractivity contribution in [3.63, 3.8) is 0 Å². The number of hydrogen-bond donors (Lipinski definition) is 2. The highest BCUT2D eigenvalue weighted by Gasteiger charge is 2.88. The van der Waals surface area contributed by atoms with E-state index in [-0.39, 0.29) is 33.9 Å². The van der Waals surface area contributed by atoms with Crippen LogP contribution in [0.15, 0.2) is 0 Å². The first-order valence-corrected chi connectivity index (χ1v) is 14.5. The molecule has 0 radical (unpaired) electrons. The number of rotatable bonds is 1. The third-order valence-electron chi connectivity index (χ3n) is 14.5. The Morgan fingerprint density at radius 2 is 1.56 bits per heavy atom. The summed E-state index contributed by atoms with van der Waals surface area (Å²) in [5.74, 6) is 1.42. The number of hydrogen-bond acceptors (Lipinski definition) is 4. The van der Waals surface area contributed by atoms with E-state index in [0.717, 1.165) is 12.8 Å². The number of aliphatic hydroxyl groups is 2. The van der Waals surface area contributed by atoms with Gasteiger partial charge in [-0.2, -0.15) is 0 Å². The summed E-state index contributed by atoms with van der Waals surface area (Å²) in [5, 5.41) is 23.4. The second-order valence-corrected chi connectivity index (χ2v) is 15.6. The standard InChI is InChI=1S/C30H48O4/c1-17(2)29-14-18(3)22-25(6)12-13-28-15-27(28)11-10-21(31)24(4,5)19(27)8-9-20(28)26(25,7)23(32)30(22,34-29)33-16-29/h17-23,31-32H,8-16H2,1-7H3/t18-,19+,20-,21+,22+,23+,25+,26+,27+,28+,29-,30+/m0/s1. The molecule has 0 aromatic heterocycles. The highest BCUT2D eigenvalue weighted by Crippen LogP contribution is 2.90. The number of fused-ring (bicyclic) bond motifs is 4. The van der Waals surface area contributed by atoms with Gasteiger partial charge in [-0.1, -0.05) is 48.5 Å². The van der Waals surface area contributed by atoms with Crippen LogP contribution in [0.1, 0.15) is 99.8 Å². The van der Waals surface area contributed by atoms with Gasteiger partial charge in [0.1, 0.15) is 6.10 Å². The molecule has 2 aliphatic heterocycles. The molecule has 2 bridgehead atoms. The molecule has 5 saturated carbocycles. The highest BCUT2D eigenvalue weighted by molar-refractivity contribution is 5.34. The minimum atomic E-state index is -0.835. The van der Waals surface area contributed by atoms with Crippen molar-refractivity contribution >= 4 is 0 Å². The molecule has 2 saturated heterocycles. The van der Waals surface area contributed by atoms with Crippen LogP contribution in [0, 0.1) is 56.7 Å². The van der Waals surface area contributed by atoms with E-state index in [2.05, 4.69) is 48.5 Å². The Kier molecular flexibility index (Phi) is 4.13. The van der Waals surface area contributed by atoms with Gasteiger partial charge in [0.25, 0.3) is 0 Å². The van der Waals surface area contributed by atoms with Gasteiger partial charge >= 0.3 is 0 Å². The van der Waals surface area contributed by atoms with E-state index in [1.165, 1.54) is 38.5 Å². The summed E-state index contributed by atoms with van der Waals surface area (Å²) < 4.78 is 13.8. The summed E-state index contributed by atoms with van der Waals surface area (Å²) >= 11 is 0. The maximum Gasteiger partial charge on any atom is 0.199 e. The van der Waals surface area contributed by atoms with Crippen LogP contribution in [0.5, 0.6) is 0 Å². The Morgan fingerprint density at radius 1 is 0.882 bits per heavy atom. The highest BCUT2D eigenvalue weighted by atomic mass is 16.8. The first-order valence-electron chi connectivity index (χ1n) is 14.5. The maximum atomic E-state index is 12.5. The normalized spacial score (nSPS) is 65.1. The van der Waals surface area contributed by atoms with Crippen molar-refractivity contribution in [2.75, 3.05) is 6.61 Å². The molecule has 0 aromatic carbocycles. The molecule has 2 heterocycles. The molecular weight excluding hydrogens is 424 g/mol. The molecule has 34 heavy (non-hydrogen) atoms. The van der Waals surface area contributed by atoms with Gasteiger partial charge in [0.15, 0.2) is 5.79 Å². The summed E-state index contributed by atoms with van der Waals surface area (Å²) in [4.78, 5) is 0. The zero-order chi connectivity index (χ0) is 24.3. The molecule has 12 atom stereocenters. The molecule has 0 amide bonds. The van der Waals surface area contributed by atoms with E-state index in [1.54, 1.807) is 0 Å². The molecule has 3 spiro atoms. The molecule has 4 nitrogen and oxygen atoms in total. The second-order valence-electron chi connectivity index (χ2n) is 15.6. The molecule has 2 N–H and O–H groups in total. The summed E-state index contributed by atoms with van der Waals surface area (Å²) in [6, 6.07) is 0. The lowest BCUT2D eigenvalue weighted by Crippen LogP contribution is -2.60. The smallest absolute Gasteiger partial charge is 0.199 e. The molecule has 7 fully saturated rings. The molecule has 7 aliphatic rings. The quantitative estimate of drug-likeness (QED) is 0.526. The van der Waals surface area contributed by atoms with Crippen molar-refractivity contribution in [2.45, 2.75) is 123 Å². The molecule has 0 unspecified atom stereocenters. The third kappa shape index (κ3) is 2.04. The fraction of sp³-hybridized carbons (Fsp3) is 1.00. The average molecular weight is 473 g/mol. The monoisotopic (exact) mass is 472 g/mol. The van der Waals surface area contributed by atoms with E-state index in [1.807, 2.05) is 0 Å². The van der Waals surface area contributed by atoms with Crippen molar-refractivity contribution < 1.29 is 19.7 Å². The third-order valence-corrected chi connectivity index (χ3v) is 14.5. The predicted octanol–water partition coefficient (Wildman–Crippen LogP) is 5.54. The van der Waals surface area contributed by atoms with Gasteiger partial charge in [0.05, 0.1) is 18.3 Å².